The molecule has 1 aliphatic rings. The zero-order chi connectivity index (χ0) is 28.1. The molecule has 1 aliphatic heterocycles. The van der Waals surface area contributed by atoms with Gasteiger partial charge < -0.3 is 19.5 Å². The summed E-state index contributed by atoms with van der Waals surface area (Å²) in [6.45, 7) is 2.00. The zero-order valence-electron chi connectivity index (χ0n) is 21.1. The number of fused-ring (bicyclic) bond motifs is 1. The minimum atomic E-state index is -0.594. The number of hydrazone groups is 1. The van der Waals surface area contributed by atoms with E-state index in [1.807, 2.05) is 13.0 Å². The van der Waals surface area contributed by atoms with Crippen LogP contribution >= 0.6 is 15.9 Å². The number of hydrogen-bond acceptors (Lipinski definition) is 7. The molecule has 0 spiro atoms. The number of nitrogens with one attached hydrogen (secondary N) is 2. The summed E-state index contributed by atoms with van der Waals surface area (Å²) in [4.78, 5) is 38.1. The van der Waals surface area contributed by atoms with Gasteiger partial charge in [-0.1, -0.05) is 39.7 Å². The van der Waals surface area contributed by atoms with Gasteiger partial charge in [-0.15, -0.1) is 0 Å². The Bertz CT molecular complexity index is 1650. The van der Waals surface area contributed by atoms with Gasteiger partial charge in [-0.3, -0.25) is 9.59 Å². The van der Waals surface area contributed by atoms with Crippen LogP contribution in [0, 0.1) is 6.92 Å². The molecule has 10 heteroatoms. The Morgan fingerprint density at radius 3 is 2.45 bits per heavy atom. The highest BCUT2D eigenvalue weighted by Crippen LogP contribution is 2.33. The second-order valence-electron chi connectivity index (χ2n) is 8.74. The average Bonchev–Trinajstić information content (AvgIpc) is 3.42. The smallest absolute Gasteiger partial charge is 0.343 e. The largest absolute Gasteiger partial charge is 0.454 e. The van der Waals surface area contributed by atoms with Crippen molar-refractivity contribution in [2.75, 3.05) is 12.1 Å². The third kappa shape index (κ3) is 6.36. The van der Waals surface area contributed by atoms with Crippen LogP contribution in [0.25, 0.3) is 0 Å². The van der Waals surface area contributed by atoms with Crippen molar-refractivity contribution < 1.29 is 28.6 Å². The maximum atomic E-state index is 12.8. The second-order valence-corrected chi connectivity index (χ2v) is 9.66. The normalized spacial score (nSPS) is 11.8. The number of nitrogens with zero attached hydrogens (tertiary/aromatic N) is 1. The molecule has 0 saturated carbocycles. The van der Waals surface area contributed by atoms with Gasteiger partial charge in [-0.25, -0.2) is 10.2 Å². The van der Waals surface area contributed by atoms with Crippen LogP contribution in [0.2, 0.25) is 0 Å². The lowest BCUT2D eigenvalue weighted by atomic mass is 10.1. The molecule has 0 aliphatic carbocycles. The molecule has 0 unspecified atom stereocenters. The van der Waals surface area contributed by atoms with Crippen LogP contribution in [-0.4, -0.2) is 30.8 Å². The van der Waals surface area contributed by atoms with E-state index in [-0.39, 0.29) is 24.0 Å². The van der Waals surface area contributed by atoms with Gasteiger partial charge in [-0.05, 0) is 73.7 Å². The maximum Gasteiger partial charge on any atom is 0.343 e. The highest BCUT2D eigenvalue weighted by Gasteiger charge is 2.18. The topological polar surface area (TPSA) is 115 Å². The van der Waals surface area contributed by atoms with E-state index in [4.69, 9.17) is 14.2 Å². The van der Waals surface area contributed by atoms with Gasteiger partial charge in [0, 0.05) is 26.9 Å². The Hall–Kier alpha value is -4.96. The predicted molar refractivity (Wildman–Crippen MR) is 152 cm³/mol. The van der Waals surface area contributed by atoms with Gasteiger partial charge in [-0.2, -0.15) is 5.10 Å². The van der Waals surface area contributed by atoms with Gasteiger partial charge in [0.05, 0.1) is 11.8 Å². The molecule has 200 valence electrons. The molecule has 4 aromatic carbocycles. The van der Waals surface area contributed by atoms with E-state index in [9.17, 15) is 14.4 Å². The highest BCUT2D eigenvalue weighted by molar-refractivity contribution is 9.10. The summed E-state index contributed by atoms with van der Waals surface area (Å²) in [7, 11) is 0. The summed E-state index contributed by atoms with van der Waals surface area (Å²) >= 11 is 3.39. The van der Waals surface area contributed by atoms with Crippen LogP contribution in [0.3, 0.4) is 0 Å². The first kappa shape index (κ1) is 26.6. The zero-order valence-corrected chi connectivity index (χ0v) is 22.7. The maximum absolute atomic E-state index is 12.8. The summed E-state index contributed by atoms with van der Waals surface area (Å²) in [5.41, 5.74) is 5.44. The van der Waals surface area contributed by atoms with Gasteiger partial charge in [0.2, 0.25) is 6.79 Å². The van der Waals surface area contributed by atoms with Crippen molar-refractivity contribution in [3.05, 3.63) is 117 Å². The number of benzene rings is 4. The third-order valence-corrected chi connectivity index (χ3v) is 6.31. The monoisotopic (exact) mass is 599 g/mol. The number of halogens is 1. The number of carbonyl (C=O) groups is 3. The lowest BCUT2D eigenvalue weighted by Gasteiger charge is -2.09. The van der Waals surface area contributed by atoms with Crippen molar-refractivity contribution in [3.63, 3.8) is 0 Å². The van der Waals surface area contributed by atoms with E-state index in [1.54, 1.807) is 78.9 Å². The molecule has 0 atom stereocenters. The molecule has 40 heavy (non-hydrogen) atoms. The number of esters is 1. The molecule has 4 aromatic rings. The number of amides is 2. The van der Waals surface area contributed by atoms with E-state index in [2.05, 4.69) is 31.8 Å². The van der Waals surface area contributed by atoms with Crippen molar-refractivity contribution in [1.82, 2.24) is 5.43 Å². The lowest BCUT2D eigenvalue weighted by Crippen LogP contribution is -2.18. The summed E-state index contributed by atoms with van der Waals surface area (Å²) in [5.74, 6) is -0.0985. The summed E-state index contributed by atoms with van der Waals surface area (Å²) in [5, 5.41) is 6.83. The minimum absolute atomic E-state index is 0.0964. The van der Waals surface area contributed by atoms with Crippen molar-refractivity contribution in [3.8, 4) is 17.2 Å². The predicted octanol–water partition coefficient (Wildman–Crippen LogP) is 5.72. The van der Waals surface area contributed by atoms with Crippen LogP contribution in [0.4, 0.5) is 5.69 Å². The van der Waals surface area contributed by atoms with E-state index in [0.29, 0.717) is 33.9 Å². The average molecular weight is 600 g/mol. The number of rotatable bonds is 7. The van der Waals surface area contributed by atoms with Crippen molar-refractivity contribution in [1.29, 1.82) is 0 Å². The Labute approximate surface area is 237 Å². The number of ether oxygens (including phenoxy) is 3. The first-order valence-corrected chi connectivity index (χ1v) is 12.9. The van der Waals surface area contributed by atoms with E-state index >= 15 is 0 Å². The first-order valence-electron chi connectivity index (χ1n) is 12.1. The number of anilines is 1. The molecule has 0 saturated heterocycles. The molecule has 0 fully saturated rings. The number of aryl methyl sites for hydroxylation is 1. The Kier molecular flexibility index (Phi) is 7.88. The molecule has 9 nitrogen and oxygen atoms in total. The lowest BCUT2D eigenvalue weighted by molar-refractivity contribution is 0.0733. The summed E-state index contributed by atoms with van der Waals surface area (Å²) in [6, 6.07) is 23.5. The summed E-state index contributed by atoms with van der Waals surface area (Å²) < 4.78 is 16.9. The molecule has 2 N–H and O–H groups in total. The van der Waals surface area contributed by atoms with Crippen molar-refractivity contribution in [2.24, 2.45) is 5.10 Å². The van der Waals surface area contributed by atoms with Gasteiger partial charge in [0.25, 0.3) is 11.8 Å². The van der Waals surface area contributed by atoms with Crippen LogP contribution in [0.15, 0.2) is 94.5 Å². The van der Waals surface area contributed by atoms with Crippen LogP contribution < -0.4 is 25.0 Å². The SMILES string of the molecule is Cc1cccc(C(=O)Nc2cccc(C(=O)NN=Cc3cc(Br)ccc3OC(=O)c3ccc4c(c3)OCO4)c2)c1. The molecule has 0 bridgehead atoms. The minimum Gasteiger partial charge on any atom is -0.454 e. The molecular formula is C30H22BrN3O6. The number of carbonyl (C=O) groups excluding carboxylic acids is 3. The van der Waals surface area contributed by atoms with Crippen LogP contribution in [0.1, 0.15) is 42.2 Å². The van der Waals surface area contributed by atoms with E-state index in [1.165, 1.54) is 6.21 Å². The number of hydrogen-bond donors (Lipinski definition) is 2. The molecule has 2 amide bonds. The Balaban J connectivity index is 1.25. The van der Waals surface area contributed by atoms with Crippen molar-refractivity contribution >= 4 is 45.6 Å². The fourth-order valence-corrected chi connectivity index (χ4v) is 4.23. The first-order chi connectivity index (χ1) is 19.4. The quantitative estimate of drug-likeness (QED) is 0.121. The summed E-state index contributed by atoms with van der Waals surface area (Å²) in [6.07, 6.45) is 1.37. The third-order valence-electron chi connectivity index (χ3n) is 5.82. The van der Waals surface area contributed by atoms with Crippen LogP contribution in [-0.2, 0) is 0 Å². The fourth-order valence-electron chi connectivity index (χ4n) is 3.85. The van der Waals surface area contributed by atoms with Gasteiger partial charge >= 0.3 is 5.97 Å². The van der Waals surface area contributed by atoms with E-state index in [0.717, 1.165) is 10.0 Å². The Morgan fingerprint density at radius 1 is 0.850 bits per heavy atom. The van der Waals surface area contributed by atoms with Crippen molar-refractivity contribution in [2.45, 2.75) is 6.92 Å². The fraction of sp³-hybridized carbons (Fsp3) is 0.0667. The second kappa shape index (κ2) is 11.8. The molecular weight excluding hydrogens is 578 g/mol. The highest BCUT2D eigenvalue weighted by atomic mass is 79.9. The molecule has 5 rings (SSSR count). The van der Waals surface area contributed by atoms with Gasteiger partial charge in [0.1, 0.15) is 5.75 Å². The molecule has 1 heterocycles. The standard InChI is InChI=1S/C30H22BrN3O6/c1-18-4-2-5-19(12-18)28(35)33-24-7-3-6-20(14-24)29(36)34-32-16-22-13-23(31)9-11-25(22)40-30(37)21-8-10-26-27(15-21)39-17-38-26/h2-16H,17H2,1H3,(H,33,35)(H,34,36). The van der Waals surface area contributed by atoms with Gasteiger partial charge in [0.15, 0.2) is 11.5 Å². The van der Waals surface area contributed by atoms with Crippen LogP contribution in [0.5, 0.6) is 17.2 Å². The molecule has 0 aromatic heterocycles. The molecule has 0 radical (unpaired) electrons. The van der Waals surface area contributed by atoms with E-state index < -0.39 is 11.9 Å². The Morgan fingerprint density at radius 2 is 1.62 bits per heavy atom.